The quantitative estimate of drug-likeness (QED) is 0.773. The molecule has 134 valence electrons. The second kappa shape index (κ2) is 7.40. The fraction of sp³-hybridized carbons (Fsp3) is 0.368. The second-order valence-corrected chi connectivity index (χ2v) is 6.46. The zero-order valence-corrected chi connectivity index (χ0v) is 14.8. The van der Waals surface area contributed by atoms with Gasteiger partial charge < -0.3 is 4.90 Å². The summed E-state index contributed by atoms with van der Waals surface area (Å²) in [7, 11) is 1.46. The maximum atomic E-state index is 12.8. The molecule has 1 aromatic heterocycles. The first-order valence-corrected chi connectivity index (χ1v) is 8.54. The van der Waals surface area contributed by atoms with E-state index in [2.05, 4.69) is 17.8 Å². The Labute approximate surface area is 151 Å². The van der Waals surface area contributed by atoms with Gasteiger partial charge in [0.05, 0.1) is 24.2 Å². The van der Waals surface area contributed by atoms with E-state index in [0.717, 1.165) is 29.5 Å². The Hall–Kier alpha value is -3.14. The van der Waals surface area contributed by atoms with Crippen LogP contribution < -0.4 is 16.1 Å². The van der Waals surface area contributed by atoms with E-state index in [9.17, 15) is 14.9 Å². The molecule has 2 aromatic rings. The van der Waals surface area contributed by atoms with Gasteiger partial charge in [-0.25, -0.2) is 4.79 Å². The monoisotopic (exact) mass is 351 g/mol. The molecule has 1 atom stereocenters. The zero-order valence-electron chi connectivity index (χ0n) is 14.8. The molecule has 0 amide bonds. The number of piperidine rings is 1. The molecule has 2 heterocycles. The Morgan fingerprint density at radius 3 is 2.85 bits per heavy atom. The molecule has 26 heavy (non-hydrogen) atoms. The van der Waals surface area contributed by atoms with Gasteiger partial charge >= 0.3 is 5.69 Å². The van der Waals surface area contributed by atoms with Crippen molar-refractivity contribution in [2.45, 2.75) is 25.4 Å². The summed E-state index contributed by atoms with van der Waals surface area (Å²) in [5.74, 6) is 0.569. The summed E-state index contributed by atoms with van der Waals surface area (Å²) in [6.07, 6.45) is 1.87. The van der Waals surface area contributed by atoms with E-state index in [4.69, 9.17) is 0 Å². The molecule has 0 radical (unpaired) electrons. The highest BCUT2D eigenvalue weighted by molar-refractivity contribution is 5.43. The summed E-state index contributed by atoms with van der Waals surface area (Å²) >= 11 is 0. The number of hydrogen-bond acceptors (Lipinski definition) is 5. The summed E-state index contributed by atoms with van der Waals surface area (Å²) in [5.41, 5.74) is 0.522. The van der Waals surface area contributed by atoms with Gasteiger partial charge in [-0.2, -0.15) is 5.26 Å². The zero-order chi connectivity index (χ0) is 18.7. The lowest BCUT2D eigenvalue weighted by atomic mass is 10.1. The van der Waals surface area contributed by atoms with E-state index in [1.54, 1.807) is 16.7 Å². The van der Waals surface area contributed by atoms with Gasteiger partial charge in [0.15, 0.2) is 0 Å². The molecule has 1 saturated heterocycles. The molecular formula is C19H21N5O2. The van der Waals surface area contributed by atoms with Crippen molar-refractivity contribution >= 4 is 12.5 Å². The Kier molecular flexibility index (Phi) is 5.03. The Morgan fingerprint density at radius 1 is 1.35 bits per heavy atom. The van der Waals surface area contributed by atoms with Gasteiger partial charge in [0, 0.05) is 26.2 Å². The van der Waals surface area contributed by atoms with Gasteiger partial charge in [-0.15, -0.1) is 0 Å². The predicted molar refractivity (Wildman–Crippen MR) is 101 cm³/mol. The summed E-state index contributed by atoms with van der Waals surface area (Å²) in [6.45, 7) is 5.23. The van der Waals surface area contributed by atoms with E-state index in [1.165, 1.54) is 13.1 Å². The van der Waals surface area contributed by atoms with Crippen molar-refractivity contribution in [3.63, 3.8) is 0 Å². The molecular weight excluding hydrogens is 330 g/mol. The van der Waals surface area contributed by atoms with E-state index >= 15 is 0 Å². The minimum Gasteiger partial charge on any atom is -0.356 e. The molecule has 1 aliphatic heterocycles. The Morgan fingerprint density at radius 2 is 2.12 bits per heavy atom. The third-order valence-corrected chi connectivity index (χ3v) is 4.82. The molecule has 0 saturated carbocycles. The average molecular weight is 351 g/mol. The van der Waals surface area contributed by atoms with Crippen LogP contribution in [0.4, 0.5) is 5.82 Å². The lowest BCUT2D eigenvalue weighted by Gasteiger charge is -2.33. The molecule has 7 heteroatoms. The van der Waals surface area contributed by atoms with Gasteiger partial charge in [0.2, 0.25) is 0 Å². The number of anilines is 1. The SMILES string of the molecule is C=N[C@@H]1CCCN(c2cc(=O)n(C)c(=O)n2Cc2ccccc2C#N)C1. The summed E-state index contributed by atoms with van der Waals surface area (Å²) in [5, 5.41) is 9.33. The normalized spacial score (nSPS) is 16.9. The van der Waals surface area contributed by atoms with Crippen molar-refractivity contribution in [2.75, 3.05) is 18.0 Å². The summed E-state index contributed by atoms with van der Waals surface area (Å²) in [4.78, 5) is 31.1. The molecule has 1 fully saturated rings. The van der Waals surface area contributed by atoms with Gasteiger partial charge in [-0.1, -0.05) is 18.2 Å². The molecule has 3 rings (SSSR count). The van der Waals surface area contributed by atoms with Crippen molar-refractivity contribution in [1.29, 1.82) is 5.26 Å². The van der Waals surface area contributed by atoms with Crippen LogP contribution in [-0.4, -0.2) is 35.0 Å². The molecule has 0 N–H and O–H groups in total. The van der Waals surface area contributed by atoms with Crippen LogP contribution in [0.25, 0.3) is 0 Å². The molecule has 0 bridgehead atoms. The number of aromatic nitrogens is 2. The molecule has 1 aliphatic rings. The van der Waals surface area contributed by atoms with Crippen LogP contribution in [0, 0.1) is 11.3 Å². The minimum atomic E-state index is -0.395. The molecule has 0 unspecified atom stereocenters. The molecule has 0 spiro atoms. The van der Waals surface area contributed by atoms with Crippen molar-refractivity contribution in [3.8, 4) is 6.07 Å². The topological polar surface area (TPSA) is 83.4 Å². The first kappa shape index (κ1) is 17.7. The van der Waals surface area contributed by atoms with E-state index < -0.39 is 5.69 Å². The van der Waals surface area contributed by atoms with Crippen LogP contribution in [0.3, 0.4) is 0 Å². The number of benzene rings is 1. The van der Waals surface area contributed by atoms with Crippen LogP contribution in [0.1, 0.15) is 24.0 Å². The van der Waals surface area contributed by atoms with Gasteiger partial charge in [-0.05, 0) is 31.2 Å². The highest BCUT2D eigenvalue weighted by Gasteiger charge is 2.23. The smallest absolute Gasteiger partial charge is 0.332 e. The maximum absolute atomic E-state index is 12.8. The van der Waals surface area contributed by atoms with Crippen LogP contribution in [0.15, 0.2) is 44.9 Å². The molecule has 7 nitrogen and oxygen atoms in total. The average Bonchev–Trinajstić information content (AvgIpc) is 2.68. The van der Waals surface area contributed by atoms with Gasteiger partial charge in [0.25, 0.3) is 5.56 Å². The third-order valence-electron chi connectivity index (χ3n) is 4.82. The Bertz CT molecular complexity index is 983. The standard InChI is InChI=1S/C19H21N5O2/c1-21-16-8-5-9-23(13-16)17-10-18(25)22(2)19(26)24(17)12-15-7-4-3-6-14(15)11-20/h3-4,6-7,10,16H,1,5,8-9,12-13H2,2H3/t16-/m1/s1. The lowest BCUT2D eigenvalue weighted by Crippen LogP contribution is -2.45. The van der Waals surface area contributed by atoms with Crippen LogP contribution in [0.2, 0.25) is 0 Å². The maximum Gasteiger partial charge on any atom is 0.332 e. The first-order valence-electron chi connectivity index (χ1n) is 8.54. The van der Waals surface area contributed by atoms with Gasteiger partial charge in [-0.3, -0.25) is 18.9 Å². The highest BCUT2D eigenvalue weighted by Crippen LogP contribution is 2.20. The van der Waals surface area contributed by atoms with E-state index in [-0.39, 0.29) is 18.1 Å². The molecule has 1 aromatic carbocycles. The summed E-state index contributed by atoms with van der Waals surface area (Å²) in [6, 6.07) is 10.9. The fourth-order valence-electron chi connectivity index (χ4n) is 3.32. The van der Waals surface area contributed by atoms with Crippen molar-refractivity contribution in [3.05, 3.63) is 62.3 Å². The van der Waals surface area contributed by atoms with Crippen LogP contribution in [-0.2, 0) is 13.6 Å². The van der Waals surface area contributed by atoms with Crippen LogP contribution in [0.5, 0.6) is 0 Å². The van der Waals surface area contributed by atoms with Gasteiger partial charge in [0.1, 0.15) is 5.82 Å². The fourth-order valence-corrected chi connectivity index (χ4v) is 3.32. The lowest BCUT2D eigenvalue weighted by molar-refractivity contribution is 0.495. The number of hydrogen-bond donors (Lipinski definition) is 0. The predicted octanol–water partition coefficient (Wildman–Crippen LogP) is 1.14. The Balaban J connectivity index is 2.10. The van der Waals surface area contributed by atoms with Crippen molar-refractivity contribution in [2.24, 2.45) is 12.0 Å². The van der Waals surface area contributed by atoms with E-state index in [1.807, 2.05) is 17.0 Å². The van der Waals surface area contributed by atoms with E-state index in [0.29, 0.717) is 17.9 Å². The van der Waals surface area contributed by atoms with Crippen molar-refractivity contribution < 1.29 is 0 Å². The highest BCUT2D eigenvalue weighted by atomic mass is 16.2. The molecule has 0 aliphatic carbocycles. The number of rotatable bonds is 4. The van der Waals surface area contributed by atoms with Crippen molar-refractivity contribution in [1.82, 2.24) is 9.13 Å². The minimum absolute atomic E-state index is 0.0859. The number of nitriles is 1. The number of nitrogens with zero attached hydrogens (tertiary/aromatic N) is 5. The number of aliphatic imine (C=N–C) groups is 1. The largest absolute Gasteiger partial charge is 0.356 e. The van der Waals surface area contributed by atoms with Crippen LogP contribution >= 0.6 is 0 Å². The first-order chi connectivity index (χ1) is 12.5. The summed E-state index contributed by atoms with van der Waals surface area (Å²) < 4.78 is 2.65. The second-order valence-electron chi connectivity index (χ2n) is 6.46. The third kappa shape index (κ3) is 3.31.